The molecular weight excluding hydrogens is 324 g/mol. The lowest BCUT2D eigenvalue weighted by molar-refractivity contribution is -0.131. The van der Waals surface area contributed by atoms with Gasteiger partial charge in [-0.15, -0.1) is 0 Å². The van der Waals surface area contributed by atoms with Crippen molar-refractivity contribution in [2.24, 2.45) is 0 Å². The number of hydrogen-bond acceptors (Lipinski definition) is 2. The molecule has 0 spiro atoms. The van der Waals surface area contributed by atoms with Gasteiger partial charge in [-0.3, -0.25) is 0 Å². The number of ether oxygens (including phenoxy) is 1. The van der Waals surface area contributed by atoms with Crippen LogP contribution in [0.4, 0.5) is 0 Å². The summed E-state index contributed by atoms with van der Waals surface area (Å²) in [5.74, 6) is 0.624. The van der Waals surface area contributed by atoms with Crippen LogP contribution in [-0.4, -0.2) is 11.1 Å². The first-order valence-electron chi connectivity index (χ1n) is 9.01. The van der Waals surface area contributed by atoms with E-state index >= 15 is 0 Å². The first-order chi connectivity index (χ1) is 12.2. The van der Waals surface area contributed by atoms with Crippen LogP contribution in [0.3, 0.4) is 0 Å². The molecule has 26 heavy (non-hydrogen) atoms. The van der Waals surface area contributed by atoms with Gasteiger partial charge in [-0.25, -0.2) is 4.79 Å². The summed E-state index contributed by atoms with van der Waals surface area (Å²) < 4.78 is 6.05. The second-order valence-electron chi connectivity index (χ2n) is 8.32. The van der Waals surface area contributed by atoms with Gasteiger partial charge in [-0.2, -0.15) is 0 Å². The summed E-state index contributed by atoms with van der Waals surface area (Å²) in [5, 5.41) is 8.69. The fourth-order valence-corrected chi connectivity index (χ4v) is 3.58. The number of carboxylic acid groups (broad SMARTS) is 1. The average Bonchev–Trinajstić information content (AvgIpc) is 2.58. The van der Waals surface area contributed by atoms with Gasteiger partial charge in [0.1, 0.15) is 11.5 Å². The molecule has 2 aromatic carbocycles. The van der Waals surface area contributed by atoms with E-state index in [0.29, 0.717) is 0 Å². The van der Waals surface area contributed by atoms with Gasteiger partial charge < -0.3 is 9.84 Å². The van der Waals surface area contributed by atoms with E-state index in [9.17, 15) is 4.79 Å². The van der Waals surface area contributed by atoms with Crippen LogP contribution in [0.1, 0.15) is 57.2 Å². The summed E-state index contributed by atoms with van der Waals surface area (Å²) in [7, 11) is 0. The molecule has 2 aromatic rings. The van der Waals surface area contributed by atoms with Crippen molar-refractivity contribution in [3.63, 3.8) is 0 Å². The van der Waals surface area contributed by atoms with Crippen LogP contribution in [-0.2, 0) is 15.6 Å². The number of hydrogen-bond donors (Lipinski definition) is 1. The SMILES string of the molecule is CC1(C)CCC(C)(C)c2cc(Oc3ccc(C=CC(=O)O)cc3)ccc21. The van der Waals surface area contributed by atoms with Crippen LogP contribution >= 0.6 is 0 Å². The molecule has 0 saturated carbocycles. The first kappa shape index (κ1) is 18.2. The molecule has 1 aliphatic rings. The van der Waals surface area contributed by atoms with Crippen LogP contribution in [0.5, 0.6) is 11.5 Å². The Morgan fingerprint density at radius 2 is 1.50 bits per heavy atom. The van der Waals surface area contributed by atoms with Crippen molar-refractivity contribution in [3.8, 4) is 11.5 Å². The predicted molar refractivity (Wildman–Crippen MR) is 105 cm³/mol. The molecule has 0 radical (unpaired) electrons. The topological polar surface area (TPSA) is 46.5 Å². The monoisotopic (exact) mass is 350 g/mol. The van der Waals surface area contributed by atoms with Crippen LogP contribution in [0.15, 0.2) is 48.5 Å². The van der Waals surface area contributed by atoms with E-state index < -0.39 is 5.97 Å². The Morgan fingerprint density at radius 3 is 2.12 bits per heavy atom. The zero-order valence-electron chi connectivity index (χ0n) is 15.9. The highest BCUT2D eigenvalue weighted by Gasteiger charge is 2.37. The van der Waals surface area contributed by atoms with Gasteiger partial charge in [0.15, 0.2) is 0 Å². The summed E-state index contributed by atoms with van der Waals surface area (Å²) in [4.78, 5) is 10.6. The molecule has 136 valence electrons. The number of carbonyl (C=O) groups is 1. The van der Waals surface area contributed by atoms with Gasteiger partial charge in [0, 0.05) is 6.08 Å². The van der Waals surface area contributed by atoms with Gasteiger partial charge in [0.05, 0.1) is 0 Å². The van der Waals surface area contributed by atoms with Crippen molar-refractivity contribution in [1.29, 1.82) is 0 Å². The second kappa shape index (κ2) is 6.64. The molecule has 0 unspecified atom stereocenters. The highest BCUT2D eigenvalue weighted by molar-refractivity contribution is 5.85. The Hall–Kier alpha value is -2.55. The quantitative estimate of drug-likeness (QED) is 0.696. The molecule has 1 aliphatic carbocycles. The van der Waals surface area contributed by atoms with E-state index in [0.717, 1.165) is 23.1 Å². The summed E-state index contributed by atoms with van der Waals surface area (Å²) in [6, 6.07) is 13.8. The van der Waals surface area contributed by atoms with Crippen LogP contribution in [0.25, 0.3) is 6.08 Å². The molecule has 3 heteroatoms. The van der Waals surface area contributed by atoms with Crippen LogP contribution in [0, 0.1) is 0 Å². The first-order valence-corrected chi connectivity index (χ1v) is 9.01. The van der Waals surface area contributed by atoms with Crippen LogP contribution < -0.4 is 4.74 Å². The van der Waals surface area contributed by atoms with Gasteiger partial charge >= 0.3 is 5.97 Å². The highest BCUT2D eigenvalue weighted by atomic mass is 16.5. The van der Waals surface area contributed by atoms with Crippen LogP contribution in [0.2, 0.25) is 0 Å². The molecular formula is C23H26O3. The van der Waals surface area contributed by atoms with E-state index in [1.807, 2.05) is 30.3 Å². The third kappa shape index (κ3) is 3.82. The van der Waals surface area contributed by atoms with Crippen molar-refractivity contribution in [3.05, 3.63) is 65.2 Å². The minimum Gasteiger partial charge on any atom is -0.478 e. The lowest BCUT2D eigenvalue weighted by atomic mass is 9.63. The lowest BCUT2D eigenvalue weighted by Crippen LogP contribution is -2.33. The Labute approximate surface area is 155 Å². The summed E-state index contributed by atoms with van der Waals surface area (Å²) in [6.07, 6.45) is 5.05. The zero-order valence-corrected chi connectivity index (χ0v) is 15.9. The Bertz CT molecular complexity index is 842. The predicted octanol–water partition coefficient (Wildman–Crippen LogP) is 5.93. The van der Waals surface area contributed by atoms with Crippen molar-refractivity contribution < 1.29 is 14.6 Å². The summed E-state index contributed by atoms with van der Waals surface area (Å²) in [6.45, 7) is 9.22. The van der Waals surface area contributed by atoms with E-state index in [4.69, 9.17) is 9.84 Å². The maximum Gasteiger partial charge on any atom is 0.328 e. The molecule has 0 bridgehead atoms. The number of fused-ring (bicyclic) bond motifs is 1. The number of rotatable bonds is 4. The van der Waals surface area contributed by atoms with E-state index in [2.05, 4.69) is 39.8 Å². The minimum atomic E-state index is -0.954. The molecule has 0 atom stereocenters. The van der Waals surface area contributed by atoms with Crippen molar-refractivity contribution in [2.45, 2.75) is 51.4 Å². The molecule has 0 aromatic heterocycles. The third-order valence-electron chi connectivity index (χ3n) is 5.36. The molecule has 0 amide bonds. The third-order valence-corrected chi connectivity index (χ3v) is 5.36. The number of benzene rings is 2. The zero-order chi connectivity index (χ0) is 18.9. The average molecular weight is 350 g/mol. The van der Waals surface area contributed by atoms with E-state index in [1.165, 1.54) is 24.0 Å². The number of aliphatic carboxylic acids is 1. The lowest BCUT2D eigenvalue weighted by Gasteiger charge is -2.41. The van der Waals surface area contributed by atoms with Crippen molar-refractivity contribution >= 4 is 12.0 Å². The molecule has 0 fully saturated rings. The van der Waals surface area contributed by atoms with Crippen molar-refractivity contribution in [2.75, 3.05) is 0 Å². The Balaban J connectivity index is 1.84. The second-order valence-corrected chi connectivity index (χ2v) is 8.32. The van der Waals surface area contributed by atoms with Gasteiger partial charge in [-0.1, -0.05) is 45.9 Å². The smallest absolute Gasteiger partial charge is 0.328 e. The largest absolute Gasteiger partial charge is 0.478 e. The number of carboxylic acids is 1. The maximum atomic E-state index is 10.6. The molecule has 0 heterocycles. The molecule has 3 rings (SSSR count). The summed E-state index contributed by atoms with van der Waals surface area (Å²) in [5.41, 5.74) is 3.95. The van der Waals surface area contributed by atoms with Gasteiger partial charge in [0.2, 0.25) is 0 Å². The van der Waals surface area contributed by atoms with E-state index in [-0.39, 0.29) is 10.8 Å². The summed E-state index contributed by atoms with van der Waals surface area (Å²) >= 11 is 0. The fourth-order valence-electron chi connectivity index (χ4n) is 3.58. The van der Waals surface area contributed by atoms with E-state index in [1.54, 1.807) is 6.08 Å². The molecule has 0 saturated heterocycles. The minimum absolute atomic E-state index is 0.149. The van der Waals surface area contributed by atoms with Gasteiger partial charge in [-0.05, 0) is 70.7 Å². The fraction of sp³-hybridized carbons (Fsp3) is 0.348. The van der Waals surface area contributed by atoms with Crippen molar-refractivity contribution in [1.82, 2.24) is 0 Å². The Kier molecular flexibility index (Phi) is 4.66. The molecule has 3 nitrogen and oxygen atoms in total. The Morgan fingerprint density at radius 1 is 0.923 bits per heavy atom. The normalized spacial score (nSPS) is 17.7. The molecule has 1 N–H and O–H groups in total. The highest BCUT2D eigenvalue weighted by Crippen LogP contribution is 2.47. The molecule has 0 aliphatic heterocycles. The maximum absolute atomic E-state index is 10.6. The van der Waals surface area contributed by atoms with Gasteiger partial charge in [0.25, 0.3) is 0 Å². The standard InChI is InChI=1S/C23H26O3/c1-22(2)13-14-23(3,4)20-15-18(10-11-19(20)22)26-17-8-5-16(6-9-17)7-12-21(24)25/h5-12,15H,13-14H2,1-4H3,(H,24,25).